The van der Waals surface area contributed by atoms with Crippen molar-refractivity contribution in [1.82, 2.24) is 19.7 Å². The van der Waals surface area contributed by atoms with E-state index in [0.29, 0.717) is 5.69 Å². The summed E-state index contributed by atoms with van der Waals surface area (Å²) in [6.45, 7) is 5.59. The monoisotopic (exact) mass is 257 g/mol. The van der Waals surface area contributed by atoms with Gasteiger partial charge in [-0.2, -0.15) is 10.4 Å². The highest BCUT2D eigenvalue weighted by molar-refractivity contribution is 5.34. The molecule has 0 aliphatic rings. The van der Waals surface area contributed by atoms with Crippen molar-refractivity contribution in [2.24, 2.45) is 14.1 Å². The van der Waals surface area contributed by atoms with Crippen LogP contribution in [0, 0.1) is 25.2 Å². The number of hydrogen-bond donors (Lipinski definition) is 1. The minimum Gasteiger partial charge on any atom is -0.340 e. The molecule has 0 fully saturated rings. The van der Waals surface area contributed by atoms with E-state index in [1.54, 1.807) is 0 Å². The molecule has 0 aromatic carbocycles. The molecule has 5 heteroatoms. The highest BCUT2D eigenvalue weighted by Gasteiger charge is 2.08. The quantitative estimate of drug-likeness (QED) is 0.903. The number of nitrogens with zero attached hydrogens (tertiary/aromatic N) is 4. The third-order valence-electron chi connectivity index (χ3n) is 3.50. The van der Waals surface area contributed by atoms with Gasteiger partial charge in [-0.05, 0) is 25.5 Å². The standard InChI is InChI=1S/C14H19N5/c1-10-13(9-18(3)17-10)8-16-7-12-5-14(6-15)19(4)11(12)2/h5,9,16H,7-8H2,1-4H3. The molecule has 0 bridgehead atoms. The van der Waals surface area contributed by atoms with Gasteiger partial charge in [-0.1, -0.05) is 0 Å². The van der Waals surface area contributed by atoms with Gasteiger partial charge in [0.05, 0.1) is 5.69 Å². The summed E-state index contributed by atoms with van der Waals surface area (Å²) in [5, 5.41) is 16.7. The Hall–Kier alpha value is -2.06. The normalized spacial score (nSPS) is 10.7. The summed E-state index contributed by atoms with van der Waals surface area (Å²) in [6.07, 6.45) is 2.03. The molecule has 0 spiro atoms. The molecule has 2 aromatic rings. The maximum absolute atomic E-state index is 9.00. The van der Waals surface area contributed by atoms with Crippen molar-refractivity contribution >= 4 is 0 Å². The first kappa shape index (κ1) is 13.4. The van der Waals surface area contributed by atoms with E-state index in [9.17, 15) is 0 Å². The predicted octanol–water partition coefficient (Wildman–Crippen LogP) is 1.54. The number of hydrogen-bond acceptors (Lipinski definition) is 3. The number of aromatic nitrogens is 3. The summed E-state index contributed by atoms with van der Waals surface area (Å²) in [6, 6.07) is 4.14. The van der Waals surface area contributed by atoms with Crippen LogP contribution in [0.2, 0.25) is 0 Å². The first-order chi connectivity index (χ1) is 9.02. The SMILES string of the molecule is Cc1nn(C)cc1CNCc1cc(C#N)n(C)c1C. The maximum atomic E-state index is 9.00. The Balaban J connectivity index is 2.00. The van der Waals surface area contributed by atoms with Crippen LogP contribution in [0.5, 0.6) is 0 Å². The Kier molecular flexibility index (Phi) is 3.72. The van der Waals surface area contributed by atoms with Crippen LogP contribution in [0.4, 0.5) is 0 Å². The van der Waals surface area contributed by atoms with Gasteiger partial charge in [0.2, 0.25) is 0 Å². The van der Waals surface area contributed by atoms with E-state index in [1.165, 1.54) is 11.1 Å². The van der Waals surface area contributed by atoms with Crippen LogP contribution in [0.3, 0.4) is 0 Å². The number of rotatable bonds is 4. The van der Waals surface area contributed by atoms with Crippen molar-refractivity contribution in [3.8, 4) is 6.07 Å². The summed E-state index contributed by atoms with van der Waals surface area (Å²) >= 11 is 0. The van der Waals surface area contributed by atoms with Gasteiger partial charge in [0, 0.05) is 44.6 Å². The molecule has 0 aliphatic carbocycles. The molecule has 0 amide bonds. The van der Waals surface area contributed by atoms with Crippen molar-refractivity contribution < 1.29 is 0 Å². The van der Waals surface area contributed by atoms with Gasteiger partial charge in [-0.3, -0.25) is 4.68 Å². The lowest BCUT2D eigenvalue weighted by atomic mass is 10.2. The van der Waals surface area contributed by atoms with E-state index in [2.05, 4.69) is 16.5 Å². The zero-order valence-electron chi connectivity index (χ0n) is 11.9. The molecule has 1 N–H and O–H groups in total. The Bertz CT molecular complexity index is 627. The van der Waals surface area contributed by atoms with Crippen LogP contribution in [0.1, 0.15) is 28.2 Å². The molecule has 5 nitrogen and oxygen atoms in total. The van der Waals surface area contributed by atoms with Gasteiger partial charge in [0.1, 0.15) is 11.8 Å². The fourth-order valence-corrected chi connectivity index (χ4v) is 2.20. The summed E-state index contributed by atoms with van der Waals surface area (Å²) < 4.78 is 3.75. The molecule has 2 aromatic heterocycles. The van der Waals surface area contributed by atoms with E-state index in [4.69, 9.17) is 5.26 Å². The molecule has 2 heterocycles. The van der Waals surface area contributed by atoms with E-state index < -0.39 is 0 Å². The lowest BCUT2D eigenvalue weighted by Gasteiger charge is -2.04. The van der Waals surface area contributed by atoms with E-state index >= 15 is 0 Å². The molecule has 19 heavy (non-hydrogen) atoms. The van der Waals surface area contributed by atoms with Gasteiger partial charge in [0.15, 0.2) is 0 Å². The van der Waals surface area contributed by atoms with Gasteiger partial charge >= 0.3 is 0 Å². The van der Waals surface area contributed by atoms with Crippen molar-refractivity contribution in [3.05, 3.63) is 40.5 Å². The third kappa shape index (κ3) is 2.69. The predicted molar refractivity (Wildman–Crippen MR) is 73.4 cm³/mol. The van der Waals surface area contributed by atoms with Gasteiger partial charge in [0.25, 0.3) is 0 Å². The van der Waals surface area contributed by atoms with Crippen LogP contribution in [0.15, 0.2) is 12.3 Å². The summed E-state index contributed by atoms with van der Waals surface area (Å²) in [7, 11) is 3.85. The minimum atomic E-state index is 0.701. The molecular formula is C14H19N5. The van der Waals surface area contributed by atoms with Crippen LogP contribution in [-0.4, -0.2) is 14.3 Å². The molecule has 2 rings (SSSR count). The van der Waals surface area contributed by atoms with Crippen LogP contribution in [0.25, 0.3) is 0 Å². The van der Waals surface area contributed by atoms with Gasteiger partial charge < -0.3 is 9.88 Å². The van der Waals surface area contributed by atoms with Crippen LogP contribution >= 0.6 is 0 Å². The first-order valence-corrected chi connectivity index (χ1v) is 6.28. The third-order valence-corrected chi connectivity index (χ3v) is 3.50. The topological polar surface area (TPSA) is 58.6 Å². The fraction of sp³-hybridized carbons (Fsp3) is 0.429. The Labute approximate surface area is 113 Å². The number of nitrogens with one attached hydrogen (secondary N) is 1. The molecule has 0 aliphatic heterocycles. The van der Waals surface area contributed by atoms with Crippen LogP contribution in [-0.2, 0) is 27.2 Å². The van der Waals surface area contributed by atoms with Crippen LogP contribution < -0.4 is 5.32 Å². The average Bonchev–Trinajstić information content (AvgIpc) is 2.83. The van der Waals surface area contributed by atoms with E-state index in [-0.39, 0.29) is 0 Å². The van der Waals surface area contributed by atoms with Crippen molar-refractivity contribution in [1.29, 1.82) is 5.26 Å². The number of nitriles is 1. The second-order valence-electron chi connectivity index (χ2n) is 4.83. The Morgan fingerprint density at radius 3 is 2.47 bits per heavy atom. The second-order valence-corrected chi connectivity index (χ2v) is 4.83. The minimum absolute atomic E-state index is 0.701. The average molecular weight is 257 g/mol. The summed E-state index contributed by atoms with van der Waals surface area (Å²) in [5.74, 6) is 0. The first-order valence-electron chi connectivity index (χ1n) is 6.28. The Morgan fingerprint density at radius 1 is 1.26 bits per heavy atom. The van der Waals surface area contributed by atoms with Gasteiger partial charge in [-0.25, -0.2) is 0 Å². The molecule has 0 saturated heterocycles. The molecule has 0 unspecified atom stereocenters. The smallest absolute Gasteiger partial charge is 0.120 e. The molecule has 100 valence electrons. The van der Waals surface area contributed by atoms with Crippen molar-refractivity contribution in [2.45, 2.75) is 26.9 Å². The lowest BCUT2D eigenvalue weighted by molar-refractivity contribution is 0.684. The van der Waals surface area contributed by atoms with E-state index in [0.717, 1.165) is 24.5 Å². The van der Waals surface area contributed by atoms with Gasteiger partial charge in [-0.15, -0.1) is 0 Å². The maximum Gasteiger partial charge on any atom is 0.120 e. The molecule has 0 saturated carbocycles. The lowest BCUT2D eigenvalue weighted by Crippen LogP contribution is -2.13. The molecule has 0 atom stereocenters. The number of aryl methyl sites for hydroxylation is 2. The Morgan fingerprint density at radius 2 is 1.95 bits per heavy atom. The fourth-order valence-electron chi connectivity index (χ4n) is 2.20. The van der Waals surface area contributed by atoms with Crippen molar-refractivity contribution in [3.63, 3.8) is 0 Å². The molecular weight excluding hydrogens is 238 g/mol. The highest BCUT2D eigenvalue weighted by atomic mass is 15.2. The summed E-state index contributed by atoms with van der Waals surface area (Å²) in [5.41, 5.74) is 5.26. The zero-order valence-corrected chi connectivity index (χ0v) is 11.9. The zero-order chi connectivity index (χ0) is 14.0. The highest BCUT2D eigenvalue weighted by Crippen LogP contribution is 2.13. The van der Waals surface area contributed by atoms with E-state index in [1.807, 2.05) is 49.5 Å². The second kappa shape index (κ2) is 5.29. The summed E-state index contributed by atoms with van der Waals surface area (Å²) in [4.78, 5) is 0. The van der Waals surface area contributed by atoms with Crippen molar-refractivity contribution in [2.75, 3.05) is 0 Å². The largest absolute Gasteiger partial charge is 0.340 e. The molecule has 0 radical (unpaired) electrons.